The number of piperidine rings is 1. The van der Waals surface area contributed by atoms with Gasteiger partial charge < -0.3 is 15.3 Å². The number of rotatable bonds is 3. The van der Waals surface area contributed by atoms with Crippen molar-refractivity contribution in [3.63, 3.8) is 0 Å². The molecule has 0 aromatic heterocycles. The summed E-state index contributed by atoms with van der Waals surface area (Å²) < 4.78 is 0. The number of carbonyl (C=O) groups is 2. The minimum Gasteiger partial charge on any atom is -0.481 e. The number of hydrogen-bond acceptors (Lipinski definition) is 3. The maximum atomic E-state index is 12.3. The summed E-state index contributed by atoms with van der Waals surface area (Å²) in [6, 6.07) is 0.322. The highest BCUT2D eigenvalue weighted by molar-refractivity contribution is 5.81. The molecule has 0 radical (unpaired) electrons. The van der Waals surface area contributed by atoms with E-state index in [1.807, 2.05) is 11.9 Å². The van der Waals surface area contributed by atoms with Crippen LogP contribution in [0.1, 0.15) is 32.1 Å². The molecule has 1 saturated heterocycles. The van der Waals surface area contributed by atoms with Crippen LogP contribution in [0.15, 0.2) is 0 Å². The van der Waals surface area contributed by atoms with Gasteiger partial charge in [-0.3, -0.25) is 9.59 Å². The molecule has 18 heavy (non-hydrogen) atoms. The summed E-state index contributed by atoms with van der Waals surface area (Å²) >= 11 is 0. The van der Waals surface area contributed by atoms with Gasteiger partial charge in [-0.05, 0) is 45.2 Å². The molecule has 1 aliphatic carbocycles. The minimum atomic E-state index is -0.755. The molecule has 0 spiro atoms. The van der Waals surface area contributed by atoms with Crippen molar-refractivity contribution in [1.29, 1.82) is 0 Å². The zero-order chi connectivity index (χ0) is 13.1. The third-order valence-corrected chi connectivity index (χ3v) is 4.34. The number of carboxylic acids is 1. The number of amides is 1. The number of carboxylic acid groups (broad SMARTS) is 1. The Morgan fingerprint density at radius 3 is 2.28 bits per heavy atom. The van der Waals surface area contributed by atoms with Crippen molar-refractivity contribution in [2.45, 2.75) is 38.1 Å². The molecular formula is C13H22N2O3. The van der Waals surface area contributed by atoms with Gasteiger partial charge in [0.2, 0.25) is 5.91 Å². The Hall–Kier alpha value is -1.10. The van der Waals surface area contributed by atoms with Crippen LogP contribution in [-0.4, -0.2) is 48.1 Å². The van der Waals surface area contributed by atoms with Crippen molar-refractivity contribution in [3.05, 3.63) is 0 Å². The molecule has 5 nitrogen and oxygen atoms in total. The van der Waals surface area contributed by atoms with Crippen molar-refractivity contribution in [3.8, 4) is 0 Å². The van der Waals surface area contributed by atoms with E-state index in [0.717, 1.165) is 32.4 Å². The summed E-state index contributed by atoms with van der Waals surface area (Å²) in [6.45, 7) is 1.93. The summed E-state index contributed by atoms with van der Waals surface area (Å²) in [7, 11) is 1.87. The van der Waals surface area contributed by atoms with E-state index < -0.39 is 5.97 Å². The Labute approximate surface area is 108 Å². The predicted molar refractivity (Wildman–Crippen MR) is 67.1 cm³/mol. The molecule has 5 heteroatoms. The second kappa shape index (κ2) is 5.69. The van der Waals surface area contributed by atoms with Gasteiger partial charge in [-0.2, -0.15) is 0 Å². The van der Waals surface area contributed by atoms with Gasteiger partial charge in [-0.1, -0.05) is 0 Å². The number of hydrogen-bond donors (Lipinski definition) is 2. The van der Waals surface area contributed by atoms with Crippen LogP contribution in [0.5, 0.6) is 0 Å². The molecule has 0 aromatic carbocycles. The molecule has 2 N–H and O–H groups in total. The van der Waals surface area contributed by atoms with Crippen molar-refractivity contribution in [2.24, 2.45) is 11.8 Å². The standard InChI is InChI=1S/C13H22N2O3/c1-15(11-4-6-14-7-5-11)12(16)9-2-3-10(8-9)13(17)18/h9-11,14H,2-8H2,1H3,(H,17,18). The number of aliphatic carboxylic acids is 1. The first-order chi connectivity index (χ1) is 8.59. The first-order valence-corrected chi connectivity index (χ1v) is 6.79. The number of nitrogens with zero attached hydrogens (tertiary/aromatic N) is 1. The van der Waals surface area contributed by atoms with E-state index in [4.69, 9.17) is 5.11 Å². The average Bonchev–Trinajstić information content (AvgIpc) is 2.88. The first-order valence-electron chi connectivity index (χ1n) is 6.79. The fourth-order valence-electron chi connectivity index (χ4n) is 3.09. The summed E-state index contributed by atoms with van der Waals surface area (Å²) in [4.78, 5) is 25.1. The van der Waals surface area contributed by atoms with Crippen LogP contribution in [0, 0.1) is 11.8 Å². The second-order valence-electron chi connectivity index (χ2n) is 5.48. The van der Waals surface area contributed by atoms with Crippen LogP contribution in [-0.2, 0) is 9.59 Å². The highest BCUT2D eigenvalue weighted by Crippen LogP contribution is 2.32. The Bertz CT molecular complexity index is 326. The third kappa shape index (κ3) is 2.83. The number of nitrogens with one attached hydrogen (secondary N) is 1. The Morgan fingerprint density at radius 1 is 1.11 bits per heavy atom. The molecule has 2 aliphatic rings. The molecule has 1 saturated carbocycles. The van der Waals surface area contributed by atoms with Gasteiger partial charge in [0.25, 0.3) is 0 Å². The van der Waals surface area contributed by atoms with E-state index in [-0.39, 0.29) is 17.7 Å². The van der Waals surface area contributed by atoms with E-state index in [1.54, 1.807) is 0 Å². The lowest BCUT2D eigenvalue weighted by Crippen LogP contribution is -2.45. The molecule has 102 valence electrons. The molecule has 0 aromatic rings. The highest BCUT2D eigenvalue weighted by atomic mass is 16.4. The van der Waals surface area contributed by atoms with E-state index in [2.05, 4.69) is 5.32 Å². The number of carbonyl (C=O) groups excluding carboxylic acids is 1. The Kier molecular flexibility index (Phi) is 4.22. The van der Waals surface area contributed by atoms with Crippen LogP contribution >= 0.6 is 0 Å². The topological polar surface area (TPSA) is 69.6 Å². The van der Waals surface area contributed by atoms with Gasteiger partial charge in [0.05, 0.1) is 5.92 Å². The lowest BCUT2D eigenvalue weighted by atomic mass is 10.00. The summed E-state index contributed by atoms with van der Waals surface area (Å²) in [5.74, 6) is -1.01. The Balaban J connectivity index is 1.89. The summed E-state index contributed by atoms with van der Waals surface area (Å²) in [6.07, 6.45) is 3.88. The zero-order valence-corrected chi connectivity index (χ0v) is 10.9. The largest absolute Gasteiger partial charge is 0.481 e. The maximum Gasteiger partial charge on any atom is 0.306 e. The smallest absolute Gasteiger partial charge is 0.306 e. The molecule has 1 heterocycles. The monoisotopic (exact) mass is 254 g/mol. The average molecular weight is 254 g/mol. The highest BCUT2D eigenvalue weighted by Gasteiger charge is 2.36. The predicted octanol–water partition coefficient (Wildman–Crippen LogP) is 0.698. The second-order valence-corrected chi connectivity index (χ2v) is 5.48. The maximum absolute atomic E-state index is 12.3. The third-order valence-electron chi connectivity index (χ3n) is 4.34. The lowest BCUT2D eigenvalue weighted by molar-refractivity contribution is -0.141. The fourth-order valence-corrected chi connectivity index (χ4v) is 3.09. The molecule has 0 bridgehead atoms. The van der Waals surface area contributed by atoms with Crippen molar-refractivity contribution in [2.75, 3.05) is 20.1 Å². The van der Waals surface area contributed by atoms with Gasteiger partial charge in [-0.15, -0.1) is 0 Å². The van der Waals surface area contributed by atoms with Crippen LogP contribution < -0.4 is 5.32 Å². The summed E-state index contributed by atoms with van der Waals surface area (Å²) in [5.41, 5.74) is 0. The summed E-state index contributed by atoms with van der Waals surface area (Å²) in [5, 5.41) is 12.3. The lowest BCUT2D eigenvalue weighted by Gasteiger charge is -2.33. The van der Waals surface area contributed by atoms with E-state index >= 15 is 0 Å². The molecule has 1 amide bonds. The minimum absolute atomic E-state index is 0.0778. The van der Waals surface area contributed by atoms with Crippen molar-refractivity contribution in [1.82, 2.24) is 10.2 Å². The van der Waals surface area contributed by atoms with Gasteiger partial charge in [0.15, 0.2) is 0 Å². The SMILES string of the molecule is CN(C(=O)C1CCC(C(=O)O)C1)C1CCNCC1. The van der Waals surface area contributed by atoms with Gasteiger partial charge >= 0.3 is 5.97 Å². The molecule has 2 atom stereocenters. The molecule has 2 rings (SSSR count). The molecule has 2 fully saturated rings. The quantitative estimate of drug-likeness (QED) is 0.778. The van der Waals surface area contributed by atoms with Gasteiger partial charge in [0.1, 0.15) is 0 Å². The first kappa shape index (κ1) is 13.3. The molecule has 1 aliphatic heterocycles. The molecular weight excluding hydrogens is 232 g/mol. The van der Waals surface area contributed by atoms with Crippen LogP contribution in [0.25, 0.3) is 0 Å². The fraction of sp³-hybridized carbons (Fsp3) is 0.846. The zero-order valence-electron chi connectivity index (χ0n) is 10.9. The Morgan fingerprint density at radius 2 is 1.72 bits per heavy atom. The van der Waals surface area contributed by atoms with Gasteiger partial charge in [-0.25, -0.2) is 0 Å². The van der Waals surface area contributed by atoms with Gasteiger partial charge in [0, 0.05) is 19.0 Å². The van der Waals surface area contributed by atoms with Crippen molar-refractivity contribution >= 4 is 11.9 Å². The van der Waals surface area contributed by atoms with Crippen LogP contribution in [0.3, 0.4) is 0 Å². The van der Waals surface area contributed by atoms with Crippen LogP contribution in [0.4, 0.5) is 0 Å². The van der Waals surface area contributed by atoms with E-state index in [9.17, 15) is 9.59 Å². The van der Waals surface area contributed by atoms with E-state index in [1.165, 1.54) is 0 Å². The van der Waals surface area contributed by atoms with Crippen molar-refractivity contribution < 1.29 is 14.7 Å². The van der Waals surface area contributed by atoms with Crippen LogP contribution in [0.2, 0.25) is 0 Å². The normalized spacial score (nSPS) is 29.2. The van der Waals surface area contributed by atoms with E-state index in [0.29, 0.717) is 18.9 Å². The molecule has 2 unspecified atom stereocenters.